The Kier molecular flexibility index (Phi) is 5.51. The van der Waals surface area contributed by atoms with Gasteiger partial charge in [-0.2, -0.15) is 0 Å². The van der Waals surface area contributed by atoms with Crippen LogP contribution in [0.15, 0.2) is 72.8 Å². The normalized spacial score (nSPS) is 18.1. The van der Waals surface area contributed by atoms with Crippen molar-refractivity contribution in [2.75, 3.05) is 18.6 Å². The number of phenolic OH excluding ortho intramolecular Hbond substituents is 1. The summed E-state index contributed by atoms with van der Waals surface area (Å²) in [5.74, 6) is -0.423. The molecule has 1 aliphatic heterocycles. The third-order valence-electron chi connectivity index (χ3n) is 5.98. The number of methoxy groups -OCH3 is 1. The van der Waals surface area contributed by atoms with Gasteiger partial charge >= 0.3 is 5.97 Å². The molecule has 3 aromatic rings. The van der Waals surface area contributed by atoms with Gasteiger partial charge in [0.25, 0.3) is 0 Å². The zero-order chi connectivity index (χ0) is 22.0. The molecule has 1 N–H and O–H groups in total. The molecule has 0 fully saturated rings. The average Bonchev–Trinajstić information content (AvgIpc) is 2.78. The summed E-state index contributed by atoms with van der Waals surface area (Å²) in [5, 5.41) is 10.0. The second-order valence-corrected chi connectivity index (χ2v) is 7.77. The molecule has 1 aliphatic rings. The third kappa shape index (κ3) is 3.91. The summed E-state index contributed by atoms with van der Waals surface area (Å²) in [6, 6.07) is 20.0. The number of halogens is 1. The van der Waals surface area contributed by atoms with Crippen LogP contribution in [0.4, 0.5) is 10.1 Å². The van der Waals surface area contributed by atoms with E-state index in [0.717, 1.165) is 40.9 Å². The standard InChI is InChI=1S/C26H24FNO3/c1-26(20-6-3-18(4-7-20)5-14-25(30)31-2)24-13-12-23(29)17-19(24)15-16-28(26)22-10-8-21(27)9-11-22/h3-14,17,29H,15-16H2,1-2H3/b14-5+. The van der Waals surface area contributed by atoms with Crippen molar-refractivity contribution < 1.29 is 19.0 Å². The number of fused-ring (bicyclic) bond motifs is 1. The van der Waals surface area contributed by atoms with Gasteiger partial charge in [0.2, 0.25) is 0 Å². The highest BCUT2D eigenvalue weighted by molar-refractivity contribution is 5.86. The first-order chi connectivity index (χ1) is 14.9. The maximum atomic E-state index is 13.6. The van der Waals surface area contributed by atoms with E-state index >= 15 is 0 Å². The molecule has 4 rings (SSSR count). The number of nitrogens with zero attached hydrogens (tertiary/aromatic N) is 1. The van der Waals surface area contributed by atoms with Gasteiger partial charge < -0.3 is 14.7 Å². The molecular weight excluding hydrogens is 393 g/mol. The quantitative estimate of drug-likeness (QED) is 0.477. The number of esters is 1. The first kappa shape index (κ1) is 20.7. The summed E-state index contributed by atoms with van der Waals surface area (Å²) < 4.78 is 18.2. The Balaban J connectivity index is 1.80. The van der Waals surface area contributed by atoms with Crippen molar-refractivity contribution in [3.05, 3.63) is 101 Å². The average molecular weight is 417 g/mol. The minimum Gasteiger partial charge on any atom is -0.508 e. The second-order valence-electron chi connectivity index (χ2n) is 7.77. The predicted octanol–water partition coefficient (Wildman–Crippen LogP) is 5.04. The van der Waals surface area contributed by atoms with Gasteiger partial charge in [-0.05, 0) is 78.1 Å². The Labute approximate surface area is 181 Å². The Hall–Kier alpha value is -3.60. The van der Waals surface area contributed by atoms with Crippen LogP contribution in [0, 0.1) is 5.82 Å². The van der Waals surface area contributed by atoms with E-state index < -0.39 is 11.5 Å². The molecule has 158 valence electrons. The Bertz CT molecular complexity index is 1120. The molecule has 5 heteroatoms. The molecule has 1 unspecified atom stereocenters. The van der Waals surface area contributed by atoms with Crippen molar-refractivity contribution >= 4 is 17.7 Å². The number of hydrogen-bond donors (Lipinski definition) is 1. The van der Waals surface area contributed by atoms with E-state index in [1.54, 1.807) is 24.3 Å². The lowest BCUT2D eigenvalue weighted by molar-refractivity contribution is -0.134. The number of carbonyl (C=O) groups is 1. The minimum absolute atomic E-state index is 0.250. The van der Waals surface area contributed by atoms with Gasteiger partial charge in [-0.15, -0.1) is 0 Å². The van der Waals surface area contributed by atoms with Crippen LogP contribution >= 0.6 is 0 Å². The highest BCUT2D eigenvalue weighted by atomic mass is 19.1. The van der Waals surface area contributed by atoms with Crippen molar-refractivity contribution in [1.82, 2.24) is 0 Å². The van der Waals surface area contributed by atoms with Gasteiger partial charge in [-0.25, -0.2) is 9.18 Å². The van der Waals surface area contributed by atoms with Crippen LogP contribution < -0.4 is 4.90 Å². The molecule has 0 radical (unpaired) electrons. The summed E-state index contributed by atoms with van der Waals surface area (Å²) in [6.45, 7) is 2.87. The van der Waals surface area contributed by atoms with Crippen molar-refractivity contribution in [2.24, 2.45) is 0 Å². The van der Waals surface area contributed by atoms with Crippen LogP contribution in [0.25, 0.3) is 6.08 Å². The maximum Gasteiger partial charge on any atom is 0.330 e. The maximum absolute atomic E-state index is 13.6. The molecule has 31 heavy (non-hydrogen) atoms. The second kappa shape index (κ2) is 8.26. The first-order valence-corrected chi connectivity index (χ1v) is 10.1. The lowest BCUT2D eigenvalue weighted by Gasteiger charge is -2.48. The van der Waals surface area contributed by atoms with Gasteiger partial charge in [-0.1, -0.05) is 30.3 Å². The summed E-state index contributed by atoms with van der Waals surface area (Å²) in [4.78, 5) is 13.6. The summed E-state index contributed by atoms with van der Waals surface area (Å²) >= 11 is 0. The molecule has 4 nitrogen and oxygen atoms in total. The molecular formula is C26H24FNO3. The topological polar surface area (TPSA) is 49.8 Å². The van der Waals surface area contributed by atoms with Gasteiger partial charge in [0.05, 0.1) is 12.6 Å². The fourth-order valence-electron chi connectivity index (χ4n) is 4.33. The monoisotopic (exact) mass is 417 g/mol. The lowest BCUT2D eigenvalue weighted by atomic mass is 9.76. The van der Waals surface area contributed by atoms with Crippen molar-refractivity contribution in [3.8, 4) is 5.75 Å². The van der Waals surface area contributed by atoms with E-state index in [9.17, 15) is 14.3 Å². The van der Waals surface area contributed by atoms with E-state index in [2.05, 4.69) is 16.6 Å². The summed E-state index contributed by atoms with van der Waals surface area (Å²) in [6.07, 6.45) is 3.87. The molecule has 0 spiro atoms. The van der Waals surface area contributed by atoms with Gasteiger partial charge in [-0.3, -0.25) is 0 Å². The summed E-state index contributed by atoms with van der Waals surface area (Å²) in [5.41, 5.74) is 4.53. The van der Waals surface area contributed by atoms with Gasteiger partial charge in [0, 0.05) is 18.3 Å². The molecule has 0 saturated carbocycles. The molecule has 0 saturated heterocycles. The number of phenols is 1. The molecule has 0 aliphatic carbocycles. The smallest absolute Gasteiger partial charge is 0.330 e. The van der Waals surface area contributed by atoms with Gasteiger partial charge in [0.1, 0.15) is 11.6 Å². The Morgan fingerprint density at radius 2 is 1.81 bits per heavy atom. The Morgan fingerprint density at radius 1 is 1.10 bits per heavy atom. The number of rotatable bonds is 4. The van der Waals surface area contributed by atoms with Crippen LogP contribution in [0.5, 0.6) is 5.75 Å². The number of anilines is 1. The third-order valence-corrected chi connectivity index (χ3v) is 5.98. The fourth-order valence-corrected chi connectivity index (χ4v) is 4.33. The van der Waals surface area contributed by atoms with E-state index in [4.69, 9.17) is 0 Å². The number of benzene rings is 3. The van der Waals surface area contributed by atoms with Crippen LogP contribution in [-0.2, 0) is 21.5 Å². The fraction of sp³-hybridized carbons (Fsp3) is 0.192. The highest BCUT2D eigenvalue weighted by Crippen LogP contribution is 2.44. The molecule has 0 amide bonds. The molecule has 1 atom stereocenters. The van der Waals surface area contributed by atoms with Crippen molar-refractivity contribution in [1.29, 1.82) is 0 Å². The molecule has 1 heterocycles. The molecule has 3 aromatic carbocycles. The molecule has 0 bridgehead atoms. The predicted molar refractivity (Wildman–Crippen MR) is 120 cm³/mol. The Morgan fingerprint density at radius 3 is 2.48 bits per heavy atom. The van der Waals surface area contributed by atoms with Crippen LogP contribution in [-0.4, -0.2) is 24.7 Å². The number of hydrogen-bond acceptors (Lipinski definition) is 4. The van der Waals surface area contributed by atoms with E-state index in [1.807, 2.05) is 36.4 Å². The number of carbonyl (C=O) groups excluding carboxylic acids is 1. The highest BCUT2D eigenvalue weighted by Gasteiger charge is 2.40. The first-order valence-electron chi connectivity index (χ1n) is 10.1. The van der Waals surface area contributed by atoms with E-state index in [1.165, 1.54) is 25.3 Å². The zero-order valence-corrected chi connectivity index (χ0v) is 17.5. The van der Waals surface area contributed by atoms with Gasteiger partial charge in [0.15, 0.2) is 0 Å². The van der Waals surface area contributed by atoms with Crippen molar-refractivity contribution in [2.45, 2.75) is 18.9 Å². The number of aromatic hydroxyl groups is 1. The van der Waals surface area contributed by atoms with E-state index in [0.29, 0.717) is 0 Å². The molecule has 0 aromatic heterocycles. The van der Waals surface area contributed by atoms with Crippen LogP contribution in [0.3, 0.4) is 0 Å². The zero-order valence-electron chi connectivity index (χ0n) is 17.5. The lowest BCUT2D eigenvalue weighted by Crippen LogP contribution is -2.49. The minimum atomic E-state index is -0.524. The van der Waals surface area contributed by atoms with E-state index in [-0.39, 0.29) is 11.6 Å². The number of ether oxygens (including phenoxy) is 1. The van der Waals surface area contributed by atoms with Crippen LogP contribution in [0.1, 0.15) is 29.2 Å². The van der Waals surface area contributed by atoms with Crippen molar-refractivity contribution in [3.63, 3.8) is 0 Å². The van der Waals surface area contributed by atoms with Crippen LogP contribution in [0.2, 0.25) is 0 Å². The summed E-state index contributed by atoms with van der Waals surface area (Å²) in [7, 11) is 1.35. The largest absolute Gasteiger partial charge is 0.508 e. The SMILES string of the molecule is COC(=O)/C=C/c1ccc(C2(C)c3ccc(O)cc3CCN2c2ccc(F)cc2)cc1.